The fraction of sp³-hybridized carbons (Fsp3) is 0.522. The summed E-state index contributed by atoms with van der Waals surface area (Å²) in [6.07, 6.45) is 11.1. The van der Waals surface area contributed by atoms with Crippen molar-refractivity contribution in [2.75, 3.05) is 13.2 Å². The van der Waals surface area contributed by atoms with E-state index in [1.165, 1.54) is 18.9 Å². The third-order valence-corrected chi connectivity index (χ3v) is 6.68. The Balaban J connectivity index is 1.48. The molecule has 1 saturated carbocycles. The van der Waals surface area contributed by atoms with Gasteiger partial charge < -0.3 is 10.1 Å². The summed E-state index contributed by atoms with van der Waals surface area (Å²) in [5.74, 6) is -0.151. The second kappa shape index (κ2) is 8.48. The van der Waals surface area contributed by atoms with Crippen LogP contribution in [-0.2, 0) is 16.7 Å². The van der Waals surface area contributed by atoms with Gasteiger partial charge in [-0.25, -0.2) is 4.39 Å². The van der Waals surface area contributed by atoms with E-state index in [1.807, 2.05) is 18.3 Å². The third kappa shape index (κ3) is 4.40. The number of ether oxygens (including phenoxy) is 1. The third-order valence-electron chi connectivity index (χ3n) is 6.47. The number of hydrogen-bond acceptors (Lipinski definition) is 3. The van der Waals surface area contributed by atoms with Crippen LogP contribution in [0.25, 0.3) is 0 Å². The Bertz CT molecular complexity index is 809. The fourth-order valence-corrected chi connectivity index (χ4v) is 5.29. The van der Waals surface area contributed by atoms with E-state index in [0.717, 1.165) is 62.9 Å². The summed E-state index contributed by atoms with van der Waals surface area (Å²) in [6, 6.07) is 9.14. The van der Waals surface area contributed by atoms with E-state index >= 15 is 0 Å². The maximum Gasteiger partial charge on any atom is 0.123 e. The predicted octanol–water partition coefficient (Wildman–Crippen LogP) is 5.42. The zero-order valence-corrected chi connectivity index (χ0v) is 17.0. The van der Waals surface area contributed by atoms with Crippen molar-refractivity contribution in [3.05, 3.63) is 64.7 Å². The maximum absolute atomic E-state index is 14.0. The first kappa shape index (κ1) is 19.8. The SMILES string of the molecule is Fc1cccc([C@]2(CCNCc3cncc(Cl)c3)CCOC3(CCCC3)C2)c1. The molecule has 4 rings (SSSR count). The molecule has 1 N–H and O–H groups in total. The Morgan fingerprint density at radius 1 is 1.14 bits per heavy atom. The minimum Gasteiger partial charge on any atom is -0.375 e. The van der Waals surface area contributed by atoms with Crippen LogP contribution >= 0.6 is 11.6 Å². The molecule has 1 spiro atoms. The molecule has 150 valence electrons. The van der Waals surface area contributed by atoms with Crippen LogP contribution < -0.4 is 5.32 Å². The number of halogens is 2. The lowest BCUT2D eigenvalue weighted by Gasteiger charge is -2.47. The predicted molar refractivity (Wildman–Crippen MR) is 110 cm³/mol. The minimum atomic E-state index is -0.151. The standard InChI is InChI=1S/C23H28ClFN2O/c24-20-12-18(15-27-16-20)14-26-10-8-22(19-4-3-5-21(25)13-19)9-11-28-23(17-22)6-1-2-7-23/h3-5,12-13,15-16,26H,1-2,6-11,14,17H2/t22-/m1/s1. The summed E-state index contributed by atoms with van der Waals surface area (Å²) >= 11 is 6.03. The van der Waals surface area contributed by atoms with Gasteiger partial charge in [-0.2, -0.15) is 0 Å². The highest BCUT2D eigenvalue weighted by Crippen LogP contribution is 2.50. The molecule has 1 aliphatic heterocycles. The second-order valence-corrected chi connectivity index (χ2v) is 8.83. The zero-order valence-electron chi connectivity index (χ0n) is 16.2. The number of hydrogen-bond donors (Lipinski definition) is 1. The van der Waals surface area contributed by atoms with Crippen molar-refractivity contribution >= 4 is 11.6 Å². The van der Waals surface area contributed by atoms with Crippen LogP contribution in [0.15, 0.2) is 42.7 Å². The van der Waals surface area contributed by atoms with Gasteiger partial charge in [-0.15, -0.1) is 0 Å². The summed E-state index contributed by atoms with van der Waals surface area (Å²) in [5.41, 5.74) is 2.14. The molecule has 1 aromatic carbocycles. The van der Waals surface area contributed by atoms with Gasteiger partial charge in [0, 0.05) is 31.0 Å². The molecule has 1 aromatic heterocycles. The molecule has 28 heavy (non-hydrogen) atoms. The lowest BCUT2D eigenvalue weighted by Crippen LogP contribution is -2.47. The molecule has 1 aliphatic carbocycles. The van der Waals surface area contributed by atoms with Crippen molar-refractivity contribution in [1.82, 2.24) is 10.3 Å². The van der Waals surface area contributed by atoms with Gasteiger partial charge >= 0.3 is 0 Å². The number of pyridine rings is 1. The van der Waals surface area contributed by atoms with Gasteiger partial charge in [-0.3, -0.25) is 4.98 Å². The summed E-state index contributed by atoms with van der Waals surface area (Å²) in [5, 5.41) is 4.19. The zero-order chi connectivity index (χ0) is 19.5. The number of benzene rings is 1. The Morgan fingerprint density at radius 3 is 2.79 bits per heavy atom. The average Bonchev–Trinajstić information content (AvgIpc) is 3.13. The van der Waals surface area contributed by atoms with Crippen molar-refractivity contribution < 1.29 is 9.13 Å². The van der Waals surface area contributed by atoms with Gasteiger partial charge in [-0.05, 0) is 68.0 Å². The van der Waals surface area contributed by atoms with Crippen molar-refractivity contribution in [2.24, 2.45) is 0 Å². The Hall–Kier alpha value is -1.49. The van der Waals surface area contributed by atoms with Crippen LogP contribution in [0.2, 0.25) is 5.02 Å². The molecule has 2 aromatic rings. The lowest BCUT2D eigenvalue weighted by molar-refractivity contribution is -0.103. The van der Waals surface area contributed by atoms with Crippen LogP contribution in [0.5, 0.6) is 0 Å². The number of nitrogens with zero attached hydrogens (tertiary/aromatic N) is 1. The molecule has 5 heteroatoms. The number of rotatable bonds is 6. The molecule has 0 amide bonds. The Labute approximate surface area is 171 Å². The molecule has 3 nitrogen and oxygen atoms in total. The van der Waals surface area contributed by atoms with Gasteiger partial charge in [0.05, 0.1) is 10.6 Å². The van der Waals surface area contributed by atoms with Gasteiger partial charge in [0.2, 0.25) is 0 Å². The highest BCUT2D eigenvalue weighted by molar-refractivity contribution is 6.30. The molecule has 0 radical (unpaired) electrons. The molecule has 2 aliphatic rings. The van der Waals surface area contributed by atoms with Crippen molar-refractivity contribution in [1.29, 1.82) is 0 Å². The molecular weight excluding hydrogens is 375 g/mol. The minimum absolute atomic E-state index is 0.0125. The first-order valence-corrected chi connectivity index (χ1v) is 10.7. The summed E-state index contributed by atoms with van der Waals surface area (Å²) in [4.78, 5) is 4.14. The smallest absolute Gasteiger partial charge is 0.123 e. The summed E-state index contributed by atoms with van der Waals surface area (Å²) in [7, 11) is 0. The van der Waals surface area contributed by atoms with Gasteiger partial charge in [0.15, 0.2) is 0 Å². The largest absolute Gasteiger partial charge is 0.375 e. The van der Waals surface area contributed by atoms with Crippen molar-refractivity contribution in [2.45, 2.75) is 62.5 Å². The molecule has 1 atom stereocenters. The van der Waals surface area contributed by atoms with E-state index in [9.17, 15) is 4.39 Å². The molecule has 2 fully saturated rings. The lowest BCUT2D eigenvalue weighted by atomic mass is 9.66. The average molecular weight is 403 g/mol. The van der Waals surface area contributed by atoms with Crippen LogP contribution in [0.3, 0.4) is 0 Å². The van der Waals surface area contributed by atoms with E-state index < -0.39 is 0 Å². The van der Waals surface area contributed by atoms with E-state index in [4.69, 9.17) is 16.3 Å². The van der Waals surface area contributed by atoms with Crippen molar-refractivity contribution in [3.8, 4) is 0 Å². The Kier molecular flexibility index (Phi) is 6.00. The van der Waals surface area contributed by atoms with Crippen LogP contribution in [0, 0.1) is 5.82 Å². The first-order chi connectivity index (χ1) is 13.6. The first-order valence-electron chi connectivity index (χ1n) is 10.3. The van der Waals surface area contributed by atoms with Crippen LogP contribution in [-0.4, -0.2) is 23.7 Å². The van der Waals surface area contributed by atoms with Gasteiger partial charge in [0.25, 0.3) is 0 Å². The quantitative estimate of drug-likeness (QED) is 0.655. The number of nitrogens with one attached hydrogen (secondary N) is 1. The maximum atomic E-state index is 14.0. The van der Waals surface area contributed by atoms with Crippen LogP contribution in [0.1, 0.15) is 56.1 Å². The van der Waals surface area contributed by atoms with E-state index in [2.05, 4.69) is 16.4 Å². The van der Waals surface area contributed by atoms with Gasteiger partial charge in [-0.1, -0.05) is 36.6 Å². The van der Waals surface area contributed by atoms with E-state index in [-0.39, 0.29) is 16.8 Å². The summed E-state index contributed by atoms with van der Waals surface area (Å²) in [6.45, 7) is 2.35. The van der Waals surface area contributed by atoms with Gasteiger partial charge in [0.1, 0.15) is 5.82 Å². The second-order valence-electron chi connectivity index (χ2n) is 8.39. The number of aromatic nitrogens is 1. The molecule has 0 bridgehead atoms. The molecule has 0 unspecified atom stereocenters. The topological polar surface area (TPSA) is 34.2 Å². The highest BCUT2D eigenvalue weighted by atomic mass is 35.5. The monoisotopic (exact) mass is 402 g/mol. The van der Waals surface area contributed by atoms with E-state index in [1.54, 1.807) is 12.3 Å². The van der Waals surface area contributed by atoms with E-state index in [0.29, 0.717) is 5.02 Å². The molecular formula is C23H28ClFN2O. The molecule has 2 heterocycles. The normalized spacial score (nSPS) is 23.9. The molecule has 1 saturated heterocycles. The van der Waals surface area contributed by atoms with Crippen LogP contribution in [0.4, 0.5) is 4.39 Å². The Morgan fingerprint density at radius 2 is 2.00 bits per heavy atom. The fourth-order valence-electron chi connectivity index (χ4n) is 5.09. The highest BCUT2D eigenvalue weighted by Gasteiger charge is 2.47. The summed E-state index contributed by atoms with van der Waals surface area (Å²) < 4.78 is 20.3. The van der Waals surface area contributed by atoms with Crippen molar-refractivity contribution in [3.63, 3.8) is 0 Å².